The number of imidazole rings is 1. The third kappa shape index (κ3) is 5.02. The van der Waals surface area contributed by atoms with Crippen molar-refractivity contribution < 1.29 is 4.79 Å². The van der Waals surface area contributed by atoms with E-state index in [9.17, 15) is 4.79 Å². The van der Waals surface area contributed by atoms with Crippen LogP contribution in [0, 0.1) is 6.92 Å². The molecule has 0 fully saturated rings. The lowest BCUT2D eigenvalue weighted by molar-refractivity contribution is 0.0951. The number of rotatable bonds is 7. The van der Waals surface area contributed by atoms with Crippen LogP contribution in [0.1, 0.15) is 32.9 Å². The summed E-state index contributed by atoms with van der Waals surface area (Å²) < 4.78 is 0. The lowest BCUT2D eigenvalue weighted by atomic mass is 10.1. The molecule has 0 spiro atoms. The second kappa shape index (κ2) is 8.26. The second-order valence-electron chi connectivity index (χ2n) is 6.01. The first-order valence-corrected chi connectivity index (χ1v) is 8.32. The molecular formula is C20H22N4O. The van der Waals surface area contributed by atoms with Gasteiger partial charge < -0.3 is 15.6 Å². The highest BCUT2D eigenvalue weighted by Crippen LogP contribution is 2.07. The van der Waals surface area contributed by atoms with E-state index in [1.165, 1.54) is 5.56 Å². The second-order valence-corrected chi connectivity index (χ2v) is 6.01. The van der Waals surface area contributed by atoms with Gasteiger partial charge in [0.1, 0.15) is 5.82 Å². The van der Waals surface area contributed by atoms with Crippen LogP contribution in [-0.2, 0) is 19.6 Å². The molecule has 128 valence electrons. The van der Waals surface area contributed by atoms with Crippen molar-refractivity contribution in [3.63, 3.8) is 0 Å². The molecule has 3 rings (SSSR count). The quantitative estimate of drug-likeness (QED) is 0.622. The lowest BCUT2D eigenvalue weighted by Gasteiger charge is -2.08. The molecule has 0 aliphatic rings. The molecule has 25 heavy (non-hydrogen) atoms. The SMILES string of the molecule is Cc1ccc(CNC(=O)c2cccc(CNCc3ncc[nH]3)c2)cc1. The Kier molecular flexibility index (Phi) is 5.59. The number of carbonyl (C=O) groups excluding carboxylic acids is 1. The number of aromatic nitrogens is 2. The van der Waals surface area contributed by atoms with Crippen LogP contribution in [0.4, 0.5) is 0 Å². The number of hydrogen-bond acceptors (Lipinski definition) is 3. The van der Waals surface area contributed by atoms with Gasteiger partial charge in [-0.2, -0.15) is 0 Å². The van der Waals surface area contributed by atoms with E-state index in [1.807, 2.05) is 55.5 Å². The van der Waals surface area contributed by atoms with E-state index in [0.717, 1.165) is 17.0 Å². The first-order chi connectivity index (χ1) is 12.2. The highest BCUT2D eigenvalue weighted by atomic mass is 16.1. The summed E-state index contributed by atoms with van der Waals surface area (Å²) in [5, 5.41) is 6.27. The summed E-state index contributed by atoms with van der Waals surface area (Å²) in [6.07, 6.45) is 3.53. The number of carbonyl (C=O) groups is 1. The molecule has 3 N–H and O–H groups in total. The fourth-order valence-corrected chi connectivity index (χ4v) is 2.53. The van der Waals surface area contributed by atoms with Gasteiger partial charge in [-0.05, 0) is 30.2 Å². The molecule has 0 saturated carbocycles. The van der Waals surface area contributed by atoms with Crippen molar-refractivity contribution in [3.8, 4) is 0 Å². The summed E-state index contributed by atoms with van der Waals surface area (Å²) in [7, 11) is 0. The Hall–Kier alpha value is -2.92. The van der Waals surface area contributed by atoms with Crippen LogP contribution in [-0.4, -0.2) is 15.9 Å². The topological polar surface area (TPSA) is 69.8 Å². The summed E-state index contributed by atoms with van der Waals surface area (Å²) in [5.41, 5.74) is 4.04. The Morgan fingerprint density at radius 2 is 1.88 bits per heavy atom. The molecule has 5 nitrogen and oxygen atoms in total. The minimum absolute atomic E-state index is 0.0616. The zero-order valence-electron chi connectivity index (χ0n) is 14.3. The van der Waals surface area contributed by atoms with E-state index in [-0.39, 0.29) is 5.91 Å². The fourth-order valence-electron chi connectivity index (χ4n) is 2.53. The van der Waals surface area contributed by atoms with Gasteiger partial charge in [-0.1, -0.05) is 42.0 Å². The van der Waals surface area contributed by atoms with Crippen molar-refractivity contribution in [2.45, 2.75) is 26.6 Å². The molecule has 1 heterocycles. The Morgan fingerprint density at radius 3 is 2.64 bits per heavy atom. The molecule has 0 atom stereocenters. The maximum Gasteiger partial charge on any atom is 0.251 e. The van der Waals surface area contributed by atoms with E-state index >= 15 is 0 Å². The van der Waals surface area contributed by atoms with Gasteiger partial charge in [0.25, 0.3) is 5.91 Å². The molecule has 0 unspecified atom stereocenters. The van der Waals surface area contributed by atoms with Gasteiger partial charge in [-0.25, -0.2) is 4.98 Å². The Labute approximate surface area is 147 Å². The number of H-pyrrole nitrogens is 1. The minimum atomic E-state index is -0.0616. The van der Waals surface area contributed by atoms with Crippen LogP contribution in [0.15, 0.2) is 60.9 Å². The first kappa shape index (κ1) is 16.9. The average molecular weight is 334 g/mol. The highest BCUT2D eigenvalue weighted by Gasteiger charge is 2.06. The molecule has 0 saturated heterocycles. The fraction of sp³-hybridized carbons (Fsp3) is 0.200. The number of nitrogens with one attached hydrogen (secondary N) is 3. The number of amides is 1. The zero-order chi connectivity index (χ0) is 17.5. The van der Waals surface area contributed by atoms with Crippen molar-refractivity contribution in [2.75, 3.05) is 0 Å². The van der Waals surface area contributed by atoms with Crippen LogP contribution in [0.2, 0.25) is 0 Å². The summed E-state index contributed by atoms with van der Waals surface area (Å²) in [4.78, 5) is 19.6. The standard InChI is InChI=1S/C20H22N4O/c1-15-5-7-16(8-6-15)13-24-20(25)18-4-2-3-17(11-18)12-21-14-19-22-9-10-23-19/h2-11,21H,12-14H2,1H3,(H,22,23)(H,24,25). The molecular weight excluding hydrogens is 312 g/mol. The van der Waals surface area contributed by atoms with Gasteiger partial charge in [0.2, 0.25) is 0 Å². The van der Waals surface area contributed by atoms with Crippen molar-refractivity contribution >= 4 is 5.91 Å². The molecule has 0 aliphatic heterocycles. The number of hydrogen-bond donors (Lipinski definition) is 3. The monoisotopic (exact) mass is 334 g/mol. The van der Waals surface area contributed by atoms with E-state index in [2.05, 4.69) is 20.6 Å². The van der Waals surface area contributed by atoms with Crippen LogP contribution >= 0.6 is 0 Å². The molecule has 0 bridgehead atoms. The molecule has 1 aromatic heterocycles. The molecule has 3 aromatic rings. The molecule has 1 amide bonds. The predicted octanol–water partition coefficient (Wildman–Crippen LogP) is 2.94. The van der Waals surface area contributed by atoms with Gasteiger partial charge >= 0.3 is 0 Å². The molecule has 5 heteroatoms. The first-order valence-electron chi connectivity index (χ1n) is 8.32. The van der Waals surface area contributed by atoms with Gasteiger partial charge in [-0.3, -0.25) is 4.79 Å². The minimum Gasteiger partial charge on any atom is -0.348 e. The number of aromatic amines is 1. The van der Waals surface area contributed by atoms with E-state index in [4.69, 9.17) is 0 Å². The largest absolute Gasteiger partial charge is 0.348 e. The third-order valence-corrected chi connectivity index (χ3v) is 3.94. The van der Waals surface area contributed by atoms with Crippen LogP contribution in [0.3, 0.4) is 0 Å². The van der Waals surface area contributed by atoms with Gasteiger partial charge in [0, 0.05) is 31.0 Å². The van der Waals surface area contributed by atoms with Gasteiger partial charge in [0.15, 0.2) is 0 Å². The van der Waals surface area contributed by atoms with E-state index in [0.29, 0.717) is 25.2 Å². The maximum atomic E-state index is 12.4. The van der Waals surface area contributed by atoms with E-state index < -0.39 is 0 Å². The summed E-state index contributed by atoms with van der Waals surface area (Å²) in [5.74, 6) is 0.834. The molecule has 0 aliphatic carbocycles. The van der Waals surface area contributed by atoms with Gasteiger partial charge in [0.05, 0.1) is 6.54 Å². The van der Waals surface area contributed by atoms with Crippen LogP contribution < -0.4 is 10.6 Å². The van der Waals surface area contributed by atoms with Gasteiger partial charge in [-0.15, -0.1) is 0 Å². The smallest absolute Gasteiger partial charge is 0.251 e. The maximum absolute atomic E-state index is 12.4. The summed E-state index contributed by atoms with van der Waals surface area (Å²) >= 11 is 0. The predicted molar refractivity (Wildman–Crippen MR) is 97.9 cm³/mol. The Morgan fingerprint density at radius 1 is 1.04 bits per heavy atom. The normalized spacial score (nSPS) is 10.6. The zero-order valence-corrected chi connectivity index (χ0v) is 14.3. The number of benzene rings is 2. The van der Waals surface area contributed by atoms with Crippen molar-refractivity contribution in [3.05, 3.63) is 89.0 Å². The molecule has 2 aromatic carbocycles. The summed E-state index contributed by atoms with van der Waals surface area (Å²) in [6.45, 7) is 3.92. The highest BCUT2D eigenvalue weighted by molar-refractivity contribution is 5.94. The van der Waals surface area contributed by atoms with E-state index in [1.54, 1.807) is 12.4 Å². The Bertz CT molecular complexity index is 810. The Balaban J connectivity index is 1.52. The lowest BCUT2D eigenvalue weighted by Crippen LogP contribution is -2.23. The van der Waals surface area contributed by atoms with Crippen molar-refractivity contribution in [1.29, 1.82) is 0 Å². The number of nitrogens with zero attached hydrogens (tertiary/aromatic N) is 1. The van der Waals surface area contributed by atoms with Crippen LogP contribution in [0.5, 0.6) is 0 Å². The van der Waals surface area contributed by atoms with Crippen molar-refractivity contribution in [2.24, 2.45) is 0 Å². The third-order valence-electron chi connectivity index (χ3n) is 3.94. The number of aryl methyl sites for hydroxylation is 1. The summed E-state index contributed by atoms with van der Waals surface area (Å²) in [6, 6.07) is 15.8. The van der Waals surface area contributed by atoms with Crippen molar-refractivity contribution in [1.82, 2.24) is 20.6 Å². The molecule has 0 radical (unpaired) electrons. The van der Waals surface area contributed by atoms with Crippen LogP contribution in [0.25, 0.3) is 0 Å². The average Bonchev–Trinajstić information content (AvgIpc) is 3.15.